The number of phenols is 1. The van der Waals surface area contributed by atoms with E-state index in [1.54, 1.807) is 6.07 Å². The third-order valence-corrected chi connectivity index (χ3v) is 7.17. The molecule has 1 unspecified atom stereocenters. The molecule has 2 saturated carbocycles. The third-order valence-electron chi connectivity index (χ3n) is 7.17. The molecule has 0 amide bonds. The van der Waals surface area contributed by atoms with E-state index >= 15 is 0 Å². The van der Waals surface area contributed by atoms with Gasteiger partial charge in [0.25, 0.3) is 0 Å². The Labute approximate surface area is 141 Å². The number of aromatic hydroxyl groups is 1. The Balaban J connectivity index is 1.80. The van der Waals surface area contributed by atoms with E-state index in [2.05, 4.69) is 6.58 Å². The predicted octanol–water partition coefficient (Wildman–Crippen LogP) is 2.64. The third kappa shape index (κ3) is 1.39. The number of phenolic OH excluding ortho intramolecular Hbond substituents is 1. The zero-order chi connectivity index (χ0) is 16.7. The number of Topliss-reactive ketones (excluding diaryl/α,β-unsaturated/α-hetero) is 1. The van der Waals surface area contributed by atoms with Gasteiger partial charge in [0.15, 0.2) is 23.4 Å². The summed E-state index contributed by atoms with van der Waals surface area (Å²) in [5, 5.41) is 22.2. The fourth-order valence-corrected chi connectivity index (χ4v) is 6.25. The topological polar surface area (TPSA) is 66.8 Å². The first-order chi connectivity index (χ1) is 11.5. The molecule has 2 fully saturated rings. The first-order valence-electron chi connectivity index (χ1n) is 8.91. The molecule has 126 valence electrons. The lowest BCUT2D eigenvalue weighted by molar-refractivity contribution is -0.188. The lowest BCUT2D eigenvalue weighted by atomic mass is 9.43. The minimum Gasteiger partial charge on any atom is -0.504 e. The molecule has 1 aromatic carbocycles. The van der Waals surface area contributed by atoms with Gasteiger partial charge in [-0.2, -0.15) is 0 Å². The number of rotatable bonds is 2. The van der Waals surface area contributed by atoms with Crippen molar-refractivity contribution in [1.82, 2.24) is 0 Å². The van der Waals surface area contributed by atoms with Gasteiger partial charge in [-0.15, -0.1) is 6.58 Å². The van der Waals surface area contributed by atoms with Crippen molar-refractivity contribution in [1.29, 1.82) is 0 Å². The highest BCUT2D eigenvalue weighted by Gasteiger charge is 2.72. The summed E-state index contributed by atoms with van der Waals surface area (Å²) in [5.74, 6) is 1.08. The Hall–Kier alpha value is -1.81. The molecule has 4 nitrogen and oxygen atoms in total. The van der Waals surface area contributed by atoms with Crippen molar-refractivity contribution < 1.29 is 19.7 Å². The molecule has 0 saturated heterocycles. The van der Waals surface area contributed by atoms with E-state index in [0.717, 1.165) is 36.8 Å². The second-order valence-electron chi connectivity index (χ2n) is 7.94. The van der Waals surface area contributed by atoms with Gasteiger partial charge in [-0.25, -0.2) is 0 Å². The van der Waals surface area contributed by atoms with Crippen molar-refractivity contribution in [3.8, 4) is 11.5 Å². The van der Waals surface area contributed by atoms with E-state index in [4.69, 9.17) is 4.74 Å². The van der Waals surface area contributed by atoms with E-state index < -0.39 is 17.1 Å². The first-order valence-corrected chi connectivity index (χ1v) is 8.91. The van der Waals surface area contributed by atoms with E-state index in [1.165, 1.54) is 0 Å². The average molecular weight is 326 g/mol. The second-order valence-corrected chi connectivity index (χ2v) is 7.94. The molecule has 24 heavy (non-hydrogen) atoms. The summed E-state index contributed by atoms with van der Waals surface area (Å²) in [6, 6.07) is 3.61. The van der Waals surface area contributed by atoms with Gasteiger partial charge in [-0.05, 0) is 55.6 Å². The summed E-state index contributed by atoms with van der Waals surface area (Å²) < 4.78 is 6.00. The molecule has 4 heteroatoms. The summed E-state index contributed by atoms with van der Waals surface area (Å²) >= 11 is 0. The van der Waals surface area contributed by atoms with E-state index in [1.807, 2.05) is 12.1 Å². The number of aliphatic hydroxyl groups is 1. The number of hydrogen-bond donors (Lipinski definition) is 2. The van der Waals surface area contributed by atoms with Crippen molar-refractivity contribution in [2.24, 2.45) is 11.8 Å². The lowest BCUT2D eigenvalue weighted by Gasteiger charge is -2.61. The number of ether oxygens (including phenoxy) is 1. The van der Waals surface area contributed by atoms with Crippen molar-refractivity contribution in [3.05, 3.63) is 35.9 Å². The average Bonchev–Trinajstić information content (AvgIpc) is 2.91. The van der Waals surface area contributed by atoms with Gasteiger partial charge in [0.05, 0.1) is 11.0 Å². The number of ketones is 1. The quantitative estimate of drug-likeness (QED) is 0.820. The van der Waals surface area contributed by atoms with Crippen molar-refractivity contribution in [2.45, 2.75) is 55.6 Å². The maximum Gasteiger partial charge on any atom is 0.174 e. The van der Waals surface area contributed by atoms with Crippen molar-refractivity contribution in [2.75, 3.05) is 0 Å². The summed E-state index contributed by atoms with van der Waals surface area (Å²) in [7, 11) is 0. The van der Waals surface area contributed by atoms with Crippen LogP contribution < -0.4 is 4.74 Å². The second kappa shape index (κ2) is 4.42. The van der Waals surface area contributed by atoms with Gasteiger partial charge in [0.2, 0.25) is 0 Å². The molecular formula is C20H22O4. The SMILES string of the molecule is C=CC[C@@H]1CC[C@@]23c4c5ccc(O)c4O[C@@H]2C(=O)CC[C@]3(O)C1C5. The first kappa shape index (κ1) is 14.5. The van der Waals surface area contributed by atoms with Crippen LogP contribution in [0.4, 0.5) is 0 Å². The molecule has 1 heterocycles. The van der Waals surface area contributed by atoms with Crippen LogP contribution in [-0.2, 0) is 16.6 Å². The summed E-state index contributed by atoms with van der Waals surface area (Å²) in [4.78, 5) is 12.6. The lowest BCUT2D eigenvalue weighted by Crippen LogP contribution is -2.71. The molecule has 3 aliphatic carbocycles. The molecule has 1 spiro atoms. The van der Waals surface area contributed by atoms with Crippen molar-refractivity contribution >= 4 is 5.78 Å². The number of benzene rings is 1. The molecule has 1 aliphatic heterocycles. The Bertz CT molecular complexity index is 769. The molecular weight excluding hydrogens is 304 g/mol. The van der Waals surface area contributed by atoms with Crippen LogP contribution in [0.25, 0.3) is 0 Å². The smallest absolute Gasteiger partial charge is 0.174 e. The van der Waals surface area contributed by atoms with Gasteiger partial charge in [-0.3, -0.25) is 4.79 Å². The molecule has 5 atom stereocenters. The van der Waals surface area contributed by atoms with Crippen LogP contribution in [0.5, 0.6) is 11.5 Å². The van der Waals surface area contributed by atoms with Crippen LogP contribution in [0.15, 0.2) is 24.8 Å². The van der Waals surface area contributed by atoms with Gasteiger partial charge < -0.3 is 14.9 Å². The largest absolute Gasteiger partial charge is 0.504 e. The Morgan fingerprint density at radius 1 is 1.38 bits per heavy atom. The standard InChI is InChI=1S/C20H22O4/c1-2-3-11-6-8-19-16-12-4-5-14(21)17(16)24-18(19)15(22)7-9-20(19,23)13(11)10-12/h2,4-5,11,13,18,21,23H,1,3,6-10H2/t11-,13?,18-,19-,20+/m1/s1. The highest BCUT2D eigenvalue weighted by atomic mass is 16.5. The maximum atomic E-state index is 12.6. The van der Waals surface area contributed by atoms with Gasteiger partial charge in [-0.1, -0.05) is 12.1 Å². The molecule has 2 bridgehead atoms. The zero-order valence-electron chi connectivity index (χ0n) is 13.6. The number of carbonyl (C=O) groups excluding carboxylic acids is 1. The van der Waals surface area contributed by atoms with Gasteiger partial charge in [0, 0.05) is 12.0 Å². The van der Waals surface area contributed by atoms with Crippen LogP contribution in [-0.4, -0.2) is 27.7 Å². The fourth-order valence-electron chi connectivity index (χ4n) is 6.25. The number of hydrogen-bond acceptors (Lipinski definition) is 4. The summed E-state index contributed by atoms with van der Waals surface area (Å²) in [6.07, 6.45) is 5.51. The van der Waals surface area contributed by atoms with Gasteiger partial charge >= 0.3 is 0 Å². The van der Waals surface area contributed by atoms with E-state index in [9.17, 15) is 15.0 Å². The van der Waals surface area contributed by atoms with Crippen LogP contribution in [0.2, 0.25) is 0 Å². The van der Waals surface area contributed by atoms with Crippen LogP contribution >= 0.6 is 0 Å². The van der Waals surface area contributed by atoms with Crippen LogP contribution in [0, 0.1) is 11.8 Å². The normalized spacial score (nSPS) is 41.5. The highest BCUT2D eigenvalue weighted by molar-refractivity contribution is 5.89. The number of allylic oxidation sites excluding steroid dienone is 1. The van der Waals surface area contributed by atoms with Crippen LogP contribution in [0.3, 0.4) is 0 Å². The minimum absolute atomic E-state index is 0.0593. The fraction of sp³-hybridized carbons (Fsp3) is 0.550. The molecule has 2 N–H and O–H groups in total. The predicted molar refractivity (Wildman–Crippen MR) is 88.1 cm³/mol. The minimum atomic E-state index is -0.927. The van der Waals surface area contributed by atoms with Gasteiger partial charge in [0.1, 0.15) is 0 Å². The summed E-state index contributed by atoms with van der Waals surface area (Å²) in [5.41, 5.74) is 0.440. The number of carbonyl (C=O) groups is 1. The molecule has 0 aromatic heterocycles. The van der Waals surface area contributed by atoms with Crippen molar-refractivity contribution in [3.63, 3.8) is 0 Å². The molecule has 5 rings (SSSR count). The molecule has 1 aromatic rings. The highest BCUT2D eigenvalue weighted by Crippen LogP contribution is 2.68. The van der Waals surface area contributed by atoms with Crippen LogP contribution in [0.1, 0.15) is 43.2 Å². The Morgan fingerprint density at radius 2 is 2.21 bits per heavy atom. The summed E-state index contributed by atoms with van der Waals surface area (Å²) in [6.45, 7) is 3.89. The Morgan fingerprint density at radius 3 is 3.00 bits per heavy atom. The molecule has 4 aliphatic rings. The zero-order valence-corrected chi connectivity index (χ0v) is 13.6. The van der Waals surface area contributed by atoms with E-state index in [0.29, 0.717) is 24.5 Å². The monoisotopic (exact) mass is 326 g/mol. The molecule has 0 radical (unpaired) electrons. The van der Waals surface area contributed by atoms with E-state index in [-0.39, 0.29) is 17.5 Å². The Kier molecular flexibility index (Phi) is 2.68. The maximum absolute atomic E-state index is 12.6.